The molecule has 2 rings (SSSR count). The zero-order valence-corrected chi connectivity index (χ0v) is 9.78. The molecule has 68 valence electrons. The van der Waals surface area contributed by atoms with E-state index in [4.69, 9.17) is 0 Å². The van der Waals surface area contributed by atoms with Gasteiger partial charge in [-0.2, -0.15) is 0 Å². The number of rotatable bonds is 3. The fraction of sp³-hybridized carbons (Fsp3) is 0.364. The highest BCUT2D eigenvalue weighted by Crippen LogP contribution is 2.27. The average molecular weight is 285 g/mol. The van der Waals surface area contributed by atoms with Gasteiger partial charge in [-0.05, 0) is 30.0 Å². The van der Waals surface area contributed by atoms with E-state index in [1.54, 1.807) is 0 Å². The van der Waals surface area contributed by atoms with E-state index in [0.717, 1.165) is 0 Å². The molecule has 1 atom stereocenters. The normalized spacial score (nSPS) is 19.1. The van der Waals surface area contributed by atoms with Crippen molar-refractivity contribution in [2.45, 2.75) is 19.4 Å². The van der Waals surface area contributed by atoms with Crippen LogP contribution in [0.2, 0.25) is 0 Å². The third-order valence-corrected chi connectivity index (χ3v) is 2.87. The Labute approximate surface area is 92.4 Å². The first kappa shape index (κ1) is 9.19. The second kappa shape index (κ2) is 3.78. The van der Waals surface area contributed by atoms with Gasteiger partial charge in [-0.1, -0.05) is 40.8 Å². The van der Waals surface area contributed by atoms with Gasteiger partial charge in [0.05, 0.1) is 0 Å². The number of benzene rings is 1. The van der Waals surface area contributed by atoms with Crippen molar-refractivity contribution in [1.82, 2.24) is 0 Å². The highest BCUT2D eigenvalue weighted by Gasteiger charge is 2.17. The molecular formula is C11H12IN. The summed E-state index contributed by atoms with van der Waals surface area (Å²) in [6.07, 6.45) is 3.17. The lowest BCUT2D eigenvalue weighted by Gasteiger charge is -2.05. The molecule has 0 aliphatic carbocycles. The molecule has 1 nitrogen and oxygen atoms in total. The van der Waals surface area contributed by atoms with E-state index in [2.05, 4.69) is 52.7 Å². The highest BCUT2D eigenvalue weighted by atomic mass is 127. The first-order valence-electron chi connectivity index (χ1n) is 4.50. The fourth-order valence-electron chi connectivity index (χ4n) is 1.54. The summed E-state index contributed by atoms with van der Waals surface area (Å²) in [5.41, 5.74) is 4.19. The maximum absolute atomic E-state index is 4.18. The van der Waals surface area contributed by atoms with Gasteiger partial charge in [-0.15, -0.1) is 0 Å². The van der Waals surface area contributed by atoms with Crippen LogP contribution in [-0.4, -0.2) is 10.6 Å². The molecule has 0 saturated heterocycles. The van der Waals surface area contributed by atoms with Gasteiger partial charge in [-0.3, -0.25) is 4.99 Å². The molecule has 1 aliphatic rings. The molecule has 0 aromatic heterocycles. The van der Waals surface area contributed by atoms with Crippen molar-refractivity contribution in [1.29, 1.82) is 0 Å². The summed E-state index contributed by atoms with van der Waals surface area (Å²) in [4.78, 5) is 4.18. The van der Waals surface area contributed by atoms with Crippen molar-refractivity contribution in [3.63, 3.8) is 0 Å². The Morgan fingerprint density at radius 1 is 1.46 bits per heavy atom. The minimum atomic E-state index is 0.397. The maximum Gasteiger partial charge on any atom is 0.110 e. The zero-order chi connectivity index (χ0) is 9.26. The smallest absolute Gasteiger partial charge is 0.110 e. The summed E-state index contributed by atoms with van der Waals surface area (Å²) < 4.78 is 1.19. The predicted octanol–water partition coefficient (Wildman–Crippen LogP) is 3.10. The molecule has 0 radical (unpaired) electrons. The highest BCUT2D eigenvalue weighted by molar-refractivity contribution is 14.1. The minimum absolute atomic E-state index is 0.397. The van der Waals surface area contributed by atoms with Crippen LogP contribution in [0.1, 0.15) is 22.7 Å². The van der Waals surface area contributed by atoms with Crippen LogP contribution in [0.25, 0.3) is 0 Å². The van der Waals surface area contributed by atoms with Gasteiger partial charge in [0.2, 0.25) is 0 Å². The van der Waals surface area contributed by atoms with Crippen molar-refractivity contribution in [3.8, 4) is 0 Å². The van der Waals surface area contributed by atoms with Crippen LogP contribution in [0.15, 0.2) is 23.2 Å². The van der Waals surface area contributed by atoms with E-state index in [9.17, 15) is 0 Å². The van der Waals surface area contributed by atoms with Gasteiger partial charge in [0.15, 0.2) is 0 Å². The van der Waals surface area contributed by atoms with E-state index in [1.165, 1.54) is 27.5 Å². The molecule has 0 saturated carbocycles. The van der Waals surface area contributed by atoms with Gasteiger partial charge < -0.3 is 0 Å². The quantitative estimate of drug-likeness (QED) is 0.598. The number of aryl methyl sites for hydroxylation is 2. The first-order chi connectivity index (χ1) is 6.31. The SMILES string of the molecule is Cc1cc(CCI)ccc1C1C=N1. The number of alkyl halides is 1. The van der Waals surface area contributed by atoms with Crippen LogP contribution in [0.3, 0.4) is 0 Å². The Kier molecular flexibility index (Phi) is 2.67. The molecule has 1 aromatic rings. The molecule has 0 N–H and O–H groups in total. The van der Waals surface area contributed by atoms with Crippen molar-refractivity contribution in [2.24, 2.45) is 4.99 Å². The number of aliphatic imine (C=N–C) groups is 1. The Bertz CT molecular complexity index is 338. The van der Waals surface area contributed by atoms with E-state index in [1.807, 2.05) is 6.21 Å². The number of nitrogens with zero attached hydrogens (tertiary/aromatic N) is 1. The van der Waals surface area contributed by atoms with Crippen LogP contribution in [0.5, 0.6) is 0 Å². The molecule has 1 heterocycles. The molecule has 1 aromatic carbocycles. The first-order valence-corrected chi connectivity index (χ1v) is 6.02. The lowest BCUT2D eigenvalue weighted by molar-refractivity contribution is 1.08. The number of hydrogen-bond acceptors (Lipinski definition) is 1. The third-order valence-electron chi connectivity index (χ3n) is 2.33. The fourth-order valence-corrected chi connectivity index (χ4v) is 2.16. The Morgan fingerprint density at radius 3 is 2.77 bits per heavy atom. The van der Waals surface area contributed by atoms with Crippen LogP contribution >= 0.6 is 22.6 Å². The van der Waals surface area contributed by atoms with E-state index in [-0.39, 0.29) is 0 Å². The topological polar surface area (TPSA) is 12.4 Å². The summed E-state index contributed by atoms with van der Waals surface area (Å²) >= 11 is 2.41. The number of halogens is 1. The number of hydrogen-bond donors (Lipinski definition) is 0. The summed E-state index contributed by atoms with van der Waals surface area (Å²) in [6.45, 7) is 2.17. The van der Waals surface area contributed by atoms with Crippen LogP contribution in [-0.2, 0) is 6.42 Å². The van der Waals surface area contributed by atoms with Gasteiger partial charge >= 0.3 is 0 Å². The van der Waals surface area contributed by atoms with Gasteiger partial charge in [-0.25, -0.2) is 0 Å². The third kappa shape index (κ3) is 2.10. The van der Waals surface area contributed by atoms with E-state index >= 15 is 0 Å². The van der Waals surface area contributed by atoms with Crippen LogP contribution in [0, 0.1) is 6.92 Å². The van der Waals surface area contributed by atoms with Crippen LogP contribution < -0.4 is 0 Å². The van der Waals surface area contributed by atoms with Gasteiger partial charge in [0, 0.05) is 10.6 Å². The molecule has 0 bridgehead atoms. The average Bonchev–Trinajstić information content (AvgIpc) is 2.88. The zero-order valence-electron chi connectivity index (χ0n) is 7.63. The molecule has 0 amide bonds. The van der Waals surface area contributed by atoms with Crippen molar-refractivity contribution in [2.75, 3.05) is 4.43 Å². The molecule has 13 heavy (non-hydrogen) atoms. The molecular weight excluding hydrogens is 273 g/mol. The Morgan fingerprint density at radius 2 is 2.23 bits per heavy atom. The predicted molar refractivity (Wildman–Crippen MR) is 65.0 cm³/mol. The Hall–Kier alpha value is -0.380. The second-order valence-electron chi connectivity index (χ2n) is 3.37. The van der Waals surface area contributed by atoms with E-state index < -0.39 is 0 Å². The minimum Gasteiger partial charge on any atom is -0.281 e. The van der Waals surface area contributed by atoms with Crippen LogP contribution in [0.4, 0.5) is 0 Å². The standard InChI is InChI=1S/C11H12IN/c1-8-6-9(4-5-12)2-3-10(8)11-7-13-11/h2-3,6-7,11H,4-5H2,1H3. The van der Waals surface area contributed by atoms with Gasteiger partial charge in [0.1, 0.15) is 6.04 Å². The summed E-state index contributed by atoms with van der Waals surface area (Å²) in [7, 11) is 0. The lowest BCUT2D eigenvalue weighted by Crippen LogP contribution is -1.92. The molecule has 0 fully saturated rings. The summed E-state index contributed by atoms with van der Waals surface area (Å²) in [5.74, 6) is 0. The maximum atomic E-state index is 4.18. The largest absolute Gasteiger partial charge is 0.281 e. The molecule has 0 spiro atoms. The summed E-state index contributed by atoms with van der Waals surface area (Å²) in [5, 5.41) is 0. The molecule has 2 heteroatoms. The second-order valence-corrected chi connectivity index (χ2v) is 4.45. The monoisotopic (exact) mass is 285 g/mol. The van der Waals surface area contributed by atoms with Crippen molar-refractivity contribution >= 4 is 28.8 Å². The Balaban J connectivity index is 2.21. The van der Waals surface area contributed by atoms with Gasteiger partial charge in [0.25, 0.3) is 0 Å². The van der Waals surface area contributed by atoms with Crippen molar-refractivity contribution < 1.29 is 0 Å². The van der Waals surface area contributed by atoms with E-state index in [0.29, 0.717) is 6.04 Å². The lowest BCUT2D eigenvalue weighted by atomic mass is 10.0. The molecule has 1 unspecified atom stereocenters. The van der Waals surface area contributed by atoms with Crippen molar-refractivity contribution in [3.05, 3.63) is 34.9 Å². The summed E-state index contributed by atoms with van der Waals surface area (Å²) in [6, 6.07) is 7.13. The molecule has 1 aliphatic heterocycles.